The zero-order valence-electron chi connectivity index (χ0n) is 4.10. The maximum Gasteiger partial charge on any atom is 0.0688 e. The lowest BCUT2D eigenvalue weighted by Gasteiger charge is -2.07. The van der Waals surface area contributed by atoms with Gasteiger partial charge in [-0.2, -0.15) is 0 Å². The molecule has 0 unspecified atom stereocenters. The van der Waals surface area contributed by atoms with Crippen LogP contribution in [-0.4, -0.2) is 44.4 Å². The molecule has 0 radical (unpaired) electrons. The van der Waals surface area contributed by atoms with Crippen LogP contribution in [0.4, 0.5) is 0 Å². The average Bonchev–Trinajstić information content (AvgIpc) is 1.61. The van der Waals surface area contributed by atoms with Crippen LogP contribution in [0.5, 0.6) is 0 Å². The van der Waals surface area contributed by atoms with Gasteiger partial charge in [-0.1, -0.05) is 10.5 Å². The fourth-order valence-electron chi connectivity index (χ4n) is 0.179. The zero-order valence-corrected chi connectivity index (χ0v) is 4.10. The largest absolute Gasteiger partial charge is 0.290 e. The standard InChI is InChI=1S/C2H8N2O4/c5-3(6)1-2-4(7)8/h5-8H,1-2H2. The van der Waals surface area contributed by atoms with Crippen LogP contribution in [0.15, 0.2) is 0 Å². The molecule has 0 heterocycles. The highest BCUT2D eigenvalue weighted by Crippen LogP contribution is 1.74. The fraction of sp³-hybridized carbons (Fsp3) is 1.00. The molecule has 0 aromatic rings. The molecule has 50 valence electrons. The average molecular weight is 124 g/mol. The van der Waals surface area contributed by atoms with Crippen LogP contribution in [0.25, 0.3) is 0 Å². The molecule has 0 aliphatic rings. The molecule has 0 saturated heterocycles. The van der Waals surface area contributed by atoms with Gasteiger partial charge < -0.3 is 0 Å². The van der Waals surface area contributed by atoms with Crippen molar-refractivity contribution in [1.29, 1.82) is 0 Å². The van der Waals surface area contributed by atoms with Crippen molar-refractivity contribution in [3.63, 3.8) is 0 Å². The lowest BCUT2D eigenvalue weighted by molar-refractivity contribution is -0.346. The van der Waals surface area contributed by atoms with Crippen LogP contribution in [0.1, 0.15) is 0 Å². The molecule has 6 heteroatoms. The highest BCUT2D eigenvalue weighted by atomic mass is 16.8. The van der Waals surface area contributed by atoms with Crippen molar-refractivity contribution in [2.75, 3.05) is 13.1 Å². The van der Waals surface area contributed by atoms with Crippen LogP contribution in [-0.2, 0) is 0 Å². The Morgan fingerprint density at radius 1 is 0.750 bits per heavy atom. The number of hydroxylamine groups is 4. The van der Waals surface area contributed by atoms with Gasteiger partial charge in [-0.15, -0.1) is 0 Å². The van der Waals surface area contributed by atoms with E-state index in [0.717, 1.165) is 0 Å². The van der Waals surface area contributed by atoms with Crippen molar-refractivity contribution < 1.29 is 20.8 Å². The molecule has 0 bridgehead atoms. The smallest absolute Gasteiger partial charge is 0.0688 e. The summed E-state index contributed by atoms with van der Waals surface area (Å²) in [5, 5.41) is 31.5. The molecule has 0 aliphatic heterocycles. The van der Waals surface area contributed by atoms with Gasteiger partial charge in [0.2, 0.25) is 0 Å². The van der Waals surface area contributed by atoms with E-state index in [0.29, 0.717) is 0 Å². The molecule has 0 rings (SSSR count). The number of hydrogen-bond donors (Lipinski definition) is 4. The predicted molar refractivity (Wildman–Crippen MR) is 20.6 cm³/mol. The van der Waals surface area contributed by atoms with Crippen molar-refractivity contribution in [3.05, 3.63) is 0 Å². The number of hydrogen-bond acceptors (Lipinski definition) is 6. The van der Waals surface area contributed by atoms with Gasteiger partial charge >= 0.3 is 0 Å². The van der Waals surface area contributed by atoms with E-state index in [1.54, 1.807) is 0 Å². The van der Waals surface area contributed by atoms with E-state index < -0.39 is 0 Å². The van der Waals surface area contributed by atoms with Gasteiger partial charge in [0.15, 0.2) is 0 Å². The molecule has 0 fully saturated rings. The SMILES string of the molecule is ON(O)CCN(O)O. The van der Waals surface area contributed by atoms with Crippen molar-refractivity contribution in [1.82, 2.24) is 10.5 Å². The second-order valence-electron chi connectivity index (χ2n) is 1.19. The Kier molecular flexibility index (Phi) is 3.61. The van der Waals surface area contributed by atoms with E-state index in [9.17, 15) is 0 Å². The minimum absolute atomic E-state index is 0.139. The first-order chi connectivity index (χ1) is 3.63. The Morgan fingerprint density at radius 2 is 1.00 bits per heavy atom. The summed E-state index contributed by atoms with van der Waals surface area (Å²) < 4.78 is 0. The Balaban J connectivity index is 2.93. The Labute approximate surface area is 45.6 Å². The monoisotopic (exact) mass is 124 g/mol. The summed E-state index contributed by atoms with van der Waals surface area (Å²) in [5.41, 5.74) is 0. The molecule has 0 amide bonds. The second-order valence-corrected chi connectivity index (χ2v) is 1.19. The first-order valence-electron chi connectivity index (χ1n) is 1.93. The number of nitrogens with zero attached hydrogens (tertiary/aromatic N) is 2. The molecular formula is C2H8N2O4. The molecule has 0 aromatic heterocycles. The van der Waals surface area contributed by atoms with Crippen molar-refractivity contribution >= 4 is 0 Å². The summed E-state index contributed by atoms with van der Waals surface area (Å²) in [6.07, 6.45) is 0. The minimum atomic E-state index is -0.243. The van der Waals surface area contributed by atoms with Gasteiger partial charge in [-0.05, 0) is 0 Å². The lowest BCUT2D eigenvalue weighted by Crippen LogP contribution is -2.27. The molecule has 0 atom stereocenters. The van der Waals surface area contributed by atoms with Crippen molar-refractivity contribution in [2.45, 2.75) is 0 Å². The fourth-order valence-corrected chi connectivity index (χ4v) is 0.179. The Bertz CT molecular complexity index is 48.0. The Hall–Kier alpha value is -0.240. The molecule has 0 spiro atoms. The third-order valence-electron chi connectivity index (χ3n) is 0.500. The van der Waals surface area contributed by atoms with E-state index in [-0.39, 0.29) is 23.5 Å². The third-order valence-corrected chi connectivity index (χ3v) is 0.500. The summed E-state index contributed by atoms with van der Waals surface area (Å²) in [6, 6.07) is 0. The maximum atomic E-state index is 7.94. The molecule has 4 N–H and O–H groups in total. The molecule has 0 saturated carbocycles. The predicted octanol–water partition coefficient (Wildman–Crippen LogP) is -0.853. The maximum absolute atomic E-state index is 7.94. The van der Waals surface area contributed by atoms with Gasteiger partial charge in [0.25, 0.3) is 0 Å². The second kappa shape index (κ2) is 3.72. The van der Waals surface area contributed by atoms with E-state index in [1.165, 1.54) is 0 Å². The summed E-state index contributed by atoms with van der Waals surface area (Å²) in [4.78, 5) is 0. The summed E-state index contributed by atoms with van der Waals surface area (Å²) in [7, 11) is 0. The van der Waals surface area contributed by atoms with Crippen LogP contribution < -0.4 is 0 Å². The summed E-state index contributed by atoms with van der Waals surface area (Å²) in [5.74, 6) is 0. The first kappa shape index (κ1) is 7.76. The van der Waals surface area contributed by atoms with Gasteiger partial charge in [0.05, 0.1) is 13.1 Å². The molecule has 6 nitrogen and oxygen atoms in total. The topological polar surface area (TPSA) is 87.4 Å². The van der Waals surface area contributed by atoms with E-state index >= 15 is 0 Å². The van der Waals surface area contributed by atoms with Gasteiger partial charge in [0.1, 0.15) is 0 Å². The molecule has 0 aliphatic carbocycles. The van der Waals surface area contributed by atoms with Crippen LogP contribution in [0.2, 0.25) is 0 Å². The number of rotatable bonds is 3. The third kappa shape index (κ3) is 5.76. The van der Waals surface area contributed by atoms with Crippen LogP contribution in [0.3, 0.4) is 0 Å². The zero-order chi connectivity index (χ0) is 6.57. The quantitative estimate of drug-likeness (QED) is 0.366. The lowest BCUT2D eigenvalue weighted by atomic mass is 10.7. The van der Waals surface area contributed by atoms with E-state index in [4.69, 9.17) is 20.8 Å². The van der Waals surface area contributed by atoms with Crippen LogP contribution >= 0.6 is 0 Å². The molecule has 8 heavy (non-hydrogen) atoms. The van der Waals surface area contributed by atoms with Crippen molar-refractivity contribution in [2.24, 2.45) is 0 Å². The summed E-state index contributed by atoms with van der Waals surface area (Å²) >= 11 is 0. The van der Waals surface area contributed by atoms with Crippen LogP contribution in [0, 0.1) is 0 Å². The molecular weight excluding hydrogens is 116 g/mol. The van der Waals surface area contributed by atoms with E-state index in [1.807, 2.05) is 0 Å². The minimum Gasteiger partial charge on any atom is -0.290 e. The Morgan fingerprint density at radius 3 is 1.12 bits per heavy atom. The van der Waals surface area contributed by atoms with Gasteiger partial charge in [-0.25, -0.2) is 0 Å². The highest BCUT2D eigenvalue weighted by Gasteiger charge is 1.96. The first-order valence-corrected chi connectivity index (χ1v) is 1.93. The molecule has 0 aromatic carbocycles. The van der Waals surface area contributed by atoms with E-state index in [2.05, 4.69) is 0 Å². The normalized spacial score (nSPS) is 11.2. The van der Waals surface area contributed by atoms with Gasteiger partial charge in [-0.3, -0.25) is 20.8 Å². The summed E-state index contributed by atoms with van der Waals surface area (Å²) in [6.45, 7) is -0.486. The van der Waals surface area contributed by atoms with Crippen molar-refractivity contribution in [3.8, 4) is 0 Å². The van der Waals surface area contributed by atoms with Gasteiger partial charge in [0, 0.05) is 0 Å². The highest BCUT2D eigenvalue weighted by molar-refractivity contribution is 4.29.